The highest BCUT2D eigenvalue weighted by atomic mass is 32.2. The van der Waals surface area contributed by atoms with E-state index in [0.717, 1.165) is 35.5 Å². The number of carbonyl (C=O) groups is 1. The van der Waals surface area contributed by atoms with Gasteiger partial charge in [-0.05, 0) is 49.9 Å². The predicted octanol–water partition coefficient (Wildman–Crippen LogP) is -0.512. The molecule has 0 radical (unpaired) electrons. The van der Waals surface area contributed by atoms with Gasteiger partial charge < -0.3 is 15.0 Å². The summed E-state index contributed by atoms with van der Waals surface area (Å²) in [6, 6.07) is 5.26. The average Bonchev–Trinajstić information content (AvgIpc) is 3.16. The van der Waals surface area contributed by atoms with Crippen LogP contribution >= 0.6 is 0 Å². The van der Waals surface area contributed by atoms with Crippen molar-refractivity contribution in [2.45, 2.75) is 37.7 Å². The molecule has 0 aromatic heterocycles. The first-order chi connectivity index (χ1) is 12.9. The maximum atomic E-state index is 12.9. The van der Waals surface area contributed by atoms with Gasteiger partial charge in [0.1, 0.15) is 0 Å². The molecule has 1 aromatic rings. The number of benzene rings is 1. The van der Waals surface area contributed by atoms with E-state index in [1.54, 1.807) is 12.1 Å². The standard InChI is InChI=1S/C19H29N3O4S/c1-15-5-6-18(12-16(15)2)27(24,25)22-9-7-21(8-10-22)14-19(23)20-13-17-4-3-11-26-17/h5-6,12,17H,3-4,7-11,13-14H2,1-2H3,(H,20,23)/p+1/t17-/m1/s1. The van der Waals surface area contributed by atoms with Gasteiger partial charge in [-0.25, -0.2) is 8.42 Å². The van der Waals surface area contributed by atoms with Gasteiger partial charge in [0.15, 0.2) is 6.54 Å². The molecule has 2 fully saturated rings. The van der Waals surface area contributed by atoms with Gasteiger partial charge in [0.25, 0.3) is 5.91 Å². The van der Waals surface area contributed by atoms with E-state index in [2.05, 4.69) is 5.32 Å². The number of piperazine rings is 1. The smallest absolute Gasteiger partial charge is 0.275 e. The highest BCUT2D eigenvalue weighted by Crippen LogP contribution is 2.19. The van der Waals surface area contributed by atoms with E-state index in [4.69, 9.17) is 4.74 Å². The molecule has 0 spiro atoms. The Bertz CT molecular complexity index is 767. The predicted molar refractivity (Wildman–Crippen MR) is 102 cm³/mol. The van der Waals surface area contributed by atoms with E-state index in [1.807, 2.05) is 19.9 Å². The van der Waals surface area contributed by atoms with Crippen LogP contribution in [0.15, 0.2) is 23.1 Å². The first-order valence-electron chi connectivity index (χ1n) is 9.65. The molecule has 2 aliphatic rings. The van der Waals surface area contributed by atoms with Crippen molar-refractivity contribution in [3.8, 4) is 0 Å². The fraction of sp³-hybridized carbons (Fsp3) is 0.632. The van der Waals surface area contributed by atoms with Gasteiger partial charge in [0.05, 0.1) is 37.2 Å². The van der Waals surface area contributed by atoms with Crippen molar-refractivity contribution < 1.29 is 22.8 Å². The molecule has 1 amide bonds. The summed E-state index contributed by atoms with van der Waals surface area (Å²) in [5.74, 6) is 0.00552. The number of nitrogens with one attached hydrogen (secondary N) is 2. The number of hydrogen-bond donors (Lipinski definition) is 2. The third kappa shape index (κ3) is 5.07. The minimum absolute atomic E-state index is 0.00552. The summed E-state index contributed by atoms with van der Waals surface area (Å²) in [6.45, 7) is 7.76. The quantitative estimate of drug-likeness (QED) is 0.679. The number of hydrogen-bond acceptors (Lipinski definition) is 4. The molecule has 0 aliphatic carbocycles. The van der Waals surface area contributed by atoms with Crippen molar-refractivity contribution in [2.75, 3.05) is 45.9 Å². The molecule has 2 N–H and O–H groups in total. The third-order valence-corrected chi connectivity index (χ3v) is 7.40. The molecule has 2 heterocycles. The SMILES string of the molecule is Cc1ccc(S(=O)(=O)N2CC[NH+](CC(=O)NC[C@H]3CCCO3)CC2)cc1C. The summed E-state index contributed by atoms with van der Waals surface area (Å²) >= 11 is 0. The third-order valence-electron chi connectivity index (χ3n) is 5.51. The van der Waals surface area contributed by atoms with Crippen molar-refractivity contribution in [3.63, 3.8) is 0 Å². The topological polar surface area (TPSA) is 80.2 Å². The molecule has 150 valence electrons. The second kappa shape index (κ2) is 8.68. The summed E-state index contributed by atoms with van der Waals surface area (Å²) in [7, 11) is -3.47. The number of quaternary nitrogens is 1. The lowest BCUT2D eigenvalue weighted by Gasteiger charge is -2.31. The lowest BCUT2D eigenvalue weighted by atomic mass is 10.1. The largest absolute Gasteiger partial charge is 0.376 e. The van der Waals surface area contributed by atoms with E-state index in [1.165, 1.54) is 4.31 Å². The van der Waals surface area contributed by atoms with Crippen LogP contribution in [-0.4, -0.2) is 70.6 Å². The Morgan fingerprint density at radius 2 is 2.00 bits per heavy atom. The fourth-order valence-corrected chi connectivity index (χ4v) is 5.09. The van der Waals surface area contributed by atoms with Gasteiger partial charge in [-0.2, -0.15) is 4.31 Å². The molecule has 2 saturated heterocycles. The lowest BCUT2D eigenvalue weighted by molar-refractivity contribution is -0.895. The maximum absolute atomic E-state index is 12.9. The minimum Gasteiger partial charge on any atom is -0.376 e. The van der Waals surface area contributed by atoms with Gasteiger partial charge in [-0.1, -0.05) is 6.07 Å². The number of sulfonamides is 1. The number of amides is 1. The molecule has 0 bridgehead atoms. The molecule has 7 nitrogen and oxygen atoms in total. The molecular weight excluding hydrogens is 366 g/mol. The highest BCUT2D eigenvalue weighted by Gasteiger charge is 2.31. The molecule has 27 heavy (non-hydrogen) atoms. The zero-order valence-corrected chi connectivity index (χ0v) is 17.0. The van der Waals surface area contributed by atoms with Crippen LogP contribution in [0.25, 0.3) is 0 Å². The van der Waals surface area contributed by atoms with Crippen LogP contribution in [0.5, 0.6) is 0 Å². The van der Waals surface area contributed by atoms with Crippen LogP contribution in [0.3, 0.4) is 0 Å². The molecule has 1 aromatic carbocycles. The van der Waals surface area contributed by atoms with Crippen LogP contribution in [0.2, 0.25) is 0 Å². The van der Waals surface area contributed by atoms with E-state index in [9.17, 15) is 13.2 Å². The Hall–Kier alpha value is -1.48. The van der Waals surface area contributed by atoms with E-state index >= 15 is 0 Å². The zero-order valence-electron chi connectivity index (χ0n) is 16.2. The average molecular weight is 397 g/mol. The molecule has 3 rings (SSSR count). The molecule has 0 unspecified atom stereocenters. The Balaban J connectivity index is 1.49. The number of rotatable bonds is 6. The highest BCUT2D eigenvalue weighted by molar-refractivity contribution is 7.89. The van der Waals surface area contributed by atoms with Crippen molar-refractivity contribution in [1.82, 2.24) is 9.62 Å². The summed E-state index contributed by atoms with van der Waals surface area (Å²) in [6.07, 6.45) is 2.20. The zero-order chi connectivity index (χ0) is 19.4. The molecule has 2 aliphatic heterocycles. The maximum Gasteiger partial charge on any atom is 0.275 e. The first kappa shape index (κ1) is 20.3. The Morgan fingerprint density at radius 3 is 2.63 bits per heavy atom. The number of ether oxygens (including phenoxy) is 1. The van der Waals surface area contributed by atoms with Crippen LogP contribution in [-0.2, 0) is 19.6 Å². The summed E-state index contributed by atoms with van der Waals surface area (Å²) in [5, 5.41) is 2.93. The van der Waals surface area contributed by atoms with Gasteiger partial charge in [-0.15, -0.1) is 0 Å². The van der Waals surface area contributed by atoms with E-state index in [-0.39, 0.29) is 12.0 Å². The van der Waals surface area contributed by atoms with Gasteiger partial charge in [-0.3, -0.25) is 4.79 Å². The normalized spacial score (nSPS) is 22.1. The summed E-state index contributed by atoms with van der Waals surface area (Å²) in [5.41, 5.74) is 2.06. The first-order valence-corrected chi connectivity index (χ1v) is 11.1. The Morgan fingerprint density at radius 1 is 1.26 bits per heavy atom. The fourth-order valence-electron chi connectivity index (χ4n) is 3.57. The van der Waals surface area contributed by atoms with E-state index in [0.29, 0.717) is 44.2 Å². The van der Waals surface area contributed by atoms with Crippen LogP contribution in [0.4, 0.5) is 0 Å². The summed E-state index contributed by atoms with van der Waals surface area (Å²) in [4.78, 5) is 13.6. The van der Waals surface area contributed by atoms with Gasteiger partial charge in [0, 0.05) is 13.2 Å². The second-order valence-electron chi connectivity index (χ2n) is 7.52. The van der Waals surface area contributed by atoms with Crippen molar-refractivity contribution in [2.24, 2.45) is 0 Å². The molecular formula is C19H30N3O4S+. The Labute approximate surface area is 161 Å². The second-order valence-corrected chi connectivity index (χ2v) is 9.45. The lowest BCUT2D eigenvalue weighted by Crippen LogP contribution is -3.15. The minimum atomic E-state index is -3.47. The van der Waals surface area contributed by atoms with Crippen molar-refractivity contribution in [1.29, 1.82) is 0 Å². The van der Waals surface area contributed by atoms with Crippen LogP contribution in [0, 0.1) is 13.8 Å². The van der Waals surface area contributed by atoms with Gasteiger partial charge in [0.2, 0.25) is 10.0 Å². The Kier molecular flexibility index (Phi) is 6.52. The van der Waals surface area contributed by atoms with Gasteiger partial charge >= 0.3 is 0 Å². The molecule has 1 atom stereocenters. The number of carbonyl (C=O) groups excluding carboxylic acids is 1. The number of aryl methyl sites for hydroxylation is 2. The van der Waals surface area contributed by atoms with Crippen molar-refractivity contribution in [3.05, 3.63) is 29.3 Å². The van der Waals surface area contributed by atoms with Crippen LogP contribution < -0.4 is 10.2 Å². The van der Waals surface area contributed by atoms with E-state index < -0.39 is 10.0 Å². The van der Waals surface area contributed by atoms with Crippen LogP contribution in [0.1, 0.15) is 24.0 Å². The number of nitrogens with zero attached hydrogens (tertiary/aromatic N) is 1. The molecule has 0 saturated carbocycles. The van der Waals surface area contributed by atoms with Crippen molar-refractivity contribution >= 4 is 15.9 Å². The molecule has 8 heteroatoms. The monoisotopic (exact) mass is 396 g/mol. The summed E-state index contributed by atoms with van der Waals surface area (Å²) < 4.78 is 32.7.